The van der Waals surface area contributed by atoms with Crippen molar-refractivity contribution in [3.05, 3.63) is 68.5 Å². The van der Waals surface area contributed by atoms with Crippen LogP contribution in [0.1, 0.15) is 28.5 Å². The molecule has 4 aliphatic rings. The average Bonchev–Trinajstić information content (AvgIpc) is 3.57. The number of fused-ring (bicyclic) bond motifs is 9. The number of aromatic nitrogens is 1. The third-order valence-corrected chi connectivity index (χ3v) is 10.5. The first-order valence-electron chi connectivity index (χ1n) is 10.9. The highest BCUT2D eigenvalue weighted by Crippen LogP contribution is 2.68. The number of H-pyrrole nitrogens is 1. The van der Waals surface area contributed by atoms with Gasteiger partial charge in [-0.25, -0.2) is 0 Å². The van der Waals surface area contributed by atoms with Crippen LogP contribution in [-0.2, 0) is 9.59 Å². The van der Waals surface area contributed by atoms with E-state index in [0.717, 1.165) is 27.6 Å². The van der Waals surface area contributed by atoms with E-state index in [4.69, 9.17) is 4.42 Å². The van der Waals surface area contributed by atoms with E-state index in [9.17, 15) is 14.4 Å². The van der Waals surface area contributed by atoms with E-state index in [-0.39, 0.29) is 57.4 Å². The van der Waals surface area contributed by atoms with E-state index in [1.54, 1.807) is 18.0 Å². The fourth-order valence-corrected chi connectivity index (χ4v) is 9.62. The van der Waals surface area contributed by atoms with Gasteiger partial charge in [-0.1, -0.05) is 29.0 Å². The van der Waals surface area contributed by atoms with Crippen LogP contribution in [0.2, 0.25) is 0 Å². The maximum absolute atomic E-state index is 13.6. The van der Waals surface area contributed by atoms with Gasteiger partial charge in [0.1, 0.15) is 5.76 Å². The number of thioether (sulfide) groups is 1. The van der Waals surface area contributed by atoms with Crippen molar-refractivity contribution in [2.24, 2.45) is 29.6 Å². The molecule has 2 aliphatic carbocycles. The highest BCUT2D eigenvalue weighted by molar-refractivity contribution is 8.00. The Labute approximate surface area is 192 Å². The second-order valence-electron chi connectivity index (χ2n) is 9.32. The standard InChI is InChI=1S/C24H20N2O4S2/c1-10-4-6-11(7-5-10)26-22(27)16-12-9-13(17(16)23(26)28)19-15(12)18(14-3-2-8-30-14)20-21(31-19)25-24(29)32-20/h2-8,12-13,15-19H,9H2,1H3,(H,25,29)/t12-,13+,15+,16-,17+,18-,19-/m1/s1. The second kappa shape index (κ2) is 6.48. The van der Waals surface area contributed by atoms with Crippen LogP contribution in [0, 0.1) is 36.5 Å². The third-order valence-electron chi connectivity index (χ3n) is 7.87. The predicted octanol–water partition coefficient (Wildman–Crippen LogP) is 4.02. The SMILES string of the molecule is Cc1ccc(N2C(=O)[C@@H]3[C@@H]4C[C@H]([C@H]5Sc6[nH]c(=O)sc6[C@H](c6ccco6)[C@H]45)[C@@H]3C2=O)cc1. The van der Waals surface area contributed by atoms with Crippen LogP contribution in [0.3, 0.4) is 0 Å². The number of aryl methyl sites for hydroxylation is 1. The van der Waals surface area contributed by atoms with Crippen molar-refractivity contribution in [2.75, 3.05) is 4.90 Å². The lowest BCUT2D eigenvalue weighted by atomic mass is 9.69. The van der Waals surface area contributed by atoms with E-state index in [1.165, 1.54) is 16.2 Å². The molecule has 162 valence electrons. The average molecular weight is 465 g/mol. The number of carbonyl (C=O) groups excluding carboxylic acids is 2. The summed E-state index contributed by atoms with van der Waals surface area (Å²) >= 11 is 2.94. The predicted molar refractivity (Wildman–Crippen MR) is 121 cm³/mol. The summed E-state index contributed by atoms with van der Waals surface area (Å²) in [6.45, 7) is 1.99. The van der Waals surface area contributed by atoms with E-state index in [0.29, 0.717) is 5.69 Å². The Bertz CT molecular complexity index is 1310. The molecule has 2 saturated carbocycles. The topological polar surface area (TPSA) is 83.4 Å². The molecule has 3 aromatic rings. The normalized spacial score (nSPS) is 34.7. The molecule has 2 aliphatic heterocycles. The highest BCUT2D eigenvalue weighted by Gasteiger charge is 2.70. The van der Waals surface area contributed by atoms with Crippen LogP contribution in [-0.4, -0.2) is 22.0 Å². The Hall–Kier alpha value is -2.58. The Balaban J connectivity index is 1.32. The molecule has 4 heterocycles. The molecule has 2 aromatic heterocycles. The maximum Gasteiger partial charge on any atom is 0.305 e. The van der Waals surface area contributed by atoms with Gasteiger partial charge in [0.15, 0.2) is 0 Å². The Kier molecular flexibility index (Phi) is 3.84. The molecule has 7 atom stereocenters. The van der Waals surface area contributed by atoms with Gasteiger partial charge in [-0.15, -0.1) is 11.8 Å². The van der Waals surface area contributed by atoms with Crippen molar-refractivity contribution in [1.82, 2.24) is 4.98 Å². The first-order chi connectivity index (χ1) is 15.5. The zero-order chi connectivity index (χ0) is 21.7. The lowest BCUT2D eigenvalue weighted by molar-refractivity contribution is -0.123. The minimum atomic E-state index is -0.287. The van der Waals surface area contributed by atoms with Crippen molar-refractivity contribution < 1.29 is 14.0 Å². The van der Waals surface area contributed by atoms with E-state index in [2.05, 4.69) is 4.98 Å². The molecule has 2 amide bonds. The number of benzene rings is 1. The van der Waals surface area contributed by atoms with Crippen LogP contribution in [0.25, 0.3) is 0 Å². The van der Waals surface area contributed by atoms with Crippen molar-refractivity contribution in [3.8, 4) is 0 Å². The first kappa shape index (κ1) is 18.9. The third kappa shape index (κ3) is 2.34. The van der Waals surface area contributed by atoms with Crippen LogP contribution >= 0.6 is 23.1 Å². The smallest absolute Gasteiger partial charge is 0.305 e. The van der Waals surface area contributed by atoms with E-state index < -0.39 is 0 Å². The lowest BCUT2D eigenvalue weighted by Crippen LogP contribution is -2.42. The number of amides is 2. The number of carbonyl (C=O) groups is 2. The largest absolute Gasteiger partial charge is 0.469 e. The molecule has 0 spiro atoms. The summed E-state index contributed by atoms with van der Waals surface area (Å²) in [6.07, 6.45) is 2.55. The summed E-state index contributed by atoms with van der Waals surface area (Å²) in [7, 11) is 0. The number of anilines is 1. The van der Waals surface area contributed by atoms with Gasteiger partial charge >= 0.3 is 4.87 Å². The molecule has 0 unspecified atom stereocenters. The van der Waals surface area contributed by atoms with Crippen molar-refractivity contribution in [2.45, 2.75) is 29.5 Å². The van der Waals surface area contributed by atoms with E-state index >= 15 is 0 Å². The summed E-state index contributed by atoms with van der Waals surface area (Å²) in [4.78, 5) is 44.7. The highest BCUT2D eigenvalue weighted by atomic mass is 32.2. The monoisotopic (exact) mass is 464 g/mol. The molecule has 3 fully saturated rings. The second-order valence-corrected chi connectivity index (χ2v) is 11.5. The van der Waals surface area contributed by atoms with Gasteiger partial charge in [0.2, 0.25) is 11.8 Å². The maximum atomic E-state index is 13.6. The Morgan fingerprint density at radius 1 is 1.03 bits per heavy atom. The van der Waals surface area contributed by atoms with Gasteiger partial charge in [0, 0.05) is 5.25 Å². The molecule has 7 rings (SSSR count). The Morgan fingerprint density at radius 3 is 2.50 bits per heavy atom. The van der Waals surface area contributed by atoms with Crippen LogP contribution in [0.15, 0.2) is 56.9 Å². The van der Waals surface area contributed by atoms with Crippen molar-refractivity contribution >= 4 is 40.6 Å². The summed E-state index contributed by atoms with van der Waals surface area (Å²) in [5.41, 5.74) is 1.76. The Morgan fingerprint density at radius 2 is 1.78 bits per heavy atom. The number of hydrogen-bond acceptors (Lipinski definition) is 6. The zero-order valence-corrected chi connectivity index (χ0v) is 18.8. The summed E-state index contributed by atoms with van der Waals surface area (Å²) < 4.78 is 5.84. The number of furan rings is 1. The van der Waals surface area contributed by atoms with Crippen LogP contribution < -0.4 is 9.77 Å². The quantitative estimate of drug-likeness (QED) is 0.580. The molecule has 1 aromatic carbocycles. The van der Waals surface area contributed by atoms with Crippen molar-refractivity contribution in [1.29, 1.82) is 0 Å². The fraction of sp³-hybridized carbons (Fsp3) is 0.375. The summed E-state index contributed by atoms with van der Waals surface area (Å²) in [5.74, 6) is 0.509. The summed E-state index contributed by atoms with van der Waals surface area (Å²) in [5, 5.41) is 1.09. The molecule has 1 saturated heterocycles. The zero-order valence-electron chi connectivity index (χ0n) is 17.2. The number of hydrogen-bond donors (Lipinski definition) is 1. The minimum Gasteiger partial charge on any atom is -0.469 e. The van der Waals surface area contributed by atoms with Gasteiger partial charge in [-0.05, 0) is 55.4 Å². The minimum absolute atomic E-state index is 0.0533. The lowest BCUT2D eigenvalue weighted by Gasteiger charge is -2.42. The van der Waals surface area contributed by atoms with Gasteiger partial charge in [-0.2, -0.15) is 0 Å². The van der Waals surface area contributed by atoms with Crippen molar-refractivity contribution in [3.63, 3.8) is 0 Å². The molecule has 0 radical (unpaired) electrons. The summed E-state index contributed by atoms with van der Waals surface area (Å²) in [6, 6.07) is 11.5. The van der Waals surface area contributed by atoms with Gasteiger partial charge in [-0.3, -0.25) is 19.3 Å². The van der Waals surface area contributed by atoms with Crippen LogP contribution in [0.4, 0.5) is 5.69 Å². The number of nitrogens with one attached hydrogen (secondary N) is 1. The molecule has 32 heavy (non-hydrogen) atoms. The number of rotatable bonds is 2. The number of thiazole rings is 1. The number of aromatic amines is 1. The van der Waals surface area contributed by atoms with Gasteiger partial charge in [0.05, 0.1) is 39.6 Å². The molecule has 2 bridgehead atoms. The molecular formula is C24H20N2O4S2. The number of nitrogens with zero attached hydrogens (tertiary/aromatic N) is 1. The van der Waals surface area contributed by atoms with Crippen LogP contribution in [0.5, 0.6) is 0 Å². The molecule has 1 N–H and O–H groups in total. The van der Waals surface area contributed by atoms with Gasteiger partial charge in [0.25, 0.3) is 0 Å². The molecule has 6 nitrogen and oxygen atoms in total. The molecule has 8 heteroatoms. The fourth-order valence-electron chi connectivity index (χ4n) is 6.75. The van der Waals surface area contributed by atoms with Gasteiger partial charge < -0.3 is 9.40 Å². The first-order valence-corrected chi connectivity index (χ1v) is 12.6. The molecular weight excluding hydrogens is 444 g/mol. The van der Waals surface area contributed by atoms with E-state index in [1.807, 2.05) is 43.3 Å². The number of imide groups is 1.